The molecule has 0 saturated carbocycles. The van der Waals surface area contributed by atoms with E-state index in [1.165, 1.54) is 6.07 Å². The van der Waals surface area contributed by atoms with Gasteiger partial charge in [0, 0.05) is 16.3 Å². The number of aliphatic imine (C=N–C) groups is 1. The molecule has 3 rings (SSSR count). The van der Waals surface area contributed by atoms with E-state index in [1.54, 1.807) is 36.4 Å². The molecule has 10 heteroatoms. The summed E-state index contributed by atoms with van der Waals surface area (Å²) in [6.07, 6.45) is 0. The molecule has 0 fully saturated rings. The lowest BCUT2D eigenvalue weighted by atomic mass is 10.2. The molecule has 0 unspecified atom stereocenters. The second-order valence-corrected chi connectivity index (χ2v) is 8.00. The van der Waals surface area contributed by atoms with Gasteiger partial charge in [-0.15, -0.1) is 0 Å². The number of nitrogens with one attached hydrogen (secondary N) is 2. The molecule has 0 radical (unpaired) electrons. The Morgan fingerprint density at radius 2 is 1.96 bits per heavy atom. The smallest absolute Gasteiger partial charge is 0.328 e. The minimum atomic E-state index is -3.68. The van der Waals surface area contributed by atoms with Crippen LogP contribution in [0, 0.1) is 6.92 Å². The maximum absolute atomic E-state index is 12.0. The van der Waals surface area contributed by atoms with Crippen molar-refractivity contribution in [3.8, 4) is 0 Å². The van der Waals surface area contributed by atoms with E-state index in [-0.39, 0.29) is 10.7 Å². The summed E-state index contributed by atoms with van der Waals surface area (Å²) in [6.45, 7) is 0.896. The van der Waals surface area contributed by atoms with Crippen LogP contribution in [-0.4, -0.2) is 39.3 Å². The lowest BCUT2D eigenvalue weighted by Crippen LogP contribution is -2.25. The van der Waals surface area contributed by atoms with Crippen molar-refractivity contribution in [2.75, 3.05) is 18.5 Å². The zero-order valence-electron chi connectivity index (χ0n) is 14.7. The lowest BCUT2D eigenvalue weighted by molar-refractivity contribution is -0.145. The molecule has 0 aromatic heterocycles. The summed E-state index contributed by atoms with van der Waals surface area (Å²) < 4.78 is 31.1. The molecule has 2 N–H and O–H groups in total. The minimum Gasteiger partial charge on any atom is -0.454 e. The van der Waals surface area contributed by atoms with Gasteiger partial charge in [-0.25, -0.2) is 8.42 Å². The number of carbonyl (C=O) groups is 2. The van der Waals surface area contributed by atoms with E-state index in [1.807, 2.05) is 6.92 Å². The first kappa shape index (κ1) is 19.8. The Labute approximate surface area is 166 Å². The average Bonchev–Trinajstić information content (AvgIpc) is 2.92. The van der Waals surface area contributed by atoms with Gasteiger partial charge in [0.15, 0.2) is 6.61 Å². The van der Waals surface area contributed by atoms with Crippen molar-refractivity contribution in [2.24, 2.45) is 4.99 Å². The van der Waals surface area contributed by atoms with Crippen molar-refractivity contribution < 1.29 is 22.7 Å². The molecule has 0 spiro atoms. The first-order valence-electron chi connectivity index (χ1n) is 8.14. The number of sulfonamides is 1. The molecule has 28 heavy (non-hydrogen) atoms. The Balaban J connectivity index is 1.54. The lowest BCUT2D eigenvalue weighted by Gasteiger charge is -2.07. The number of aryl methyl sites for hydroxylation is 1. The van der Waals surface area contributed by atoms with Crippen molar-refractivity contribution in [3.05, 3.63) is 58.6 Å². The van der Waals surface area contributed by atoms with Crippen LogP contribution in [0.2, 0.25) is 5.02 Å². The van der Waals surface area contributed by atoms with E-state index < -0.39 is 35.1 Å². The van der Waals surface area contributed by atoms with Gasteiger partial charge in [-0.3, -0.25) is 19.3 Å². The molecular weight excluding hydrogens is 406 g/mol. The largest absolute Gasteiger partial charge is 0.454 e. The first-order valence-corrected chi connectivity index (χ1v) is 10.0. The predicted octanol–water partition coefficient (Wildman–Crippen LogP) is 1.87. The number of esters is 1. The standard InChI is InChI=1S/C18H16ClN3O5S/c1-11-6-7-12(8-14(11)19)21-16(23)10-27-17(24)9-20-18-13-4-2-3-5-15(13)28(25,26)22-18/h2-8H,9-10H2,1H3,(H,20,22)(H,21,23). The highest BCUT2D eigenvalue weighted by atomic mass is 35.5. The number of benzene rings is 2. The number of hydrogen-bond acceptors (Lipinski definition) is 6. The third-order valence-corrected chi connectivity index (χ3v) is 5.65. The van der Waals surface area contributed by atoms with Crippen LogP contribution in [0.15, 0.2) is 52.4 Å². The van der Waals surface area contributed by atoms with Gasteiger partial charge in [0.2, 0.25) is 0 Å². The average molecular weight is 422 g/mol. The van der Waals surface area contributed by atoms with Crippen molar-refractivity contribution >= 4 is 45.0 Å². The molecule has 2 aromatic carbocycles. The van der Waals surface area contributed by atoms with Crippen LogP contribution in [-0.2, 0) is 24.3 Å². The second kappa shape index (κ2) is 7.99. The molecule has 1 aliphatic heterocycles. The minimum absolute atomic E-state index is 0.0614. The Morgan fingerprint density at radius 1 is 1.21 bits per heavy atom. The fourth-order valence-corrected chi connectivity index (χ4v) is 3.89. The third-order valence-electron chi connectivity index (χ3n) is 3.85. The quantitative estimate of drug-likeness (QED) is 0.715. The molecule has 1 amide bonds. The van der Waals surface area contributed by atoms with Gasteiger partial charge in [0.25, 0.3) is 15.9 Å². The monoisotopic (exact) mass is 421 g/mol. The summed E-state index contributed by atoms with van der Waals surface area (Å²) in [6, 6.07) is 11.3. The maximum atomic E-state index is 12.0. The van der Waals surface area contributed by atoms with Crippen molar-refractivity contribution in [1.29, 1.82) is 0 Å². The van der Waals surface area contributed by atoms with Gasteiger partial charge >= 0.3 is 5.97 Å². The number of amidine groups is 1. The fourth-order valence-electron chi connectivity index (χ4n) is 2.45. The SMILES string of the molecule is Cc1ccc(NC(=O)COC(=O)CN=C2NS(=O)(=O)c3ccccc32)cc1Cl. The van der Waals surface area contributed by atoms with Crippen molar-refractivity contribution in [3.63, 3.8) is 0 Å². The molecule has 8 nitrogen and oxygen atoms in total. The number of ether oxygens (including phenoxy) is 1. The van der Waals surface area contributed by atoms with E-state index in [4.69, 9.17) is 16.3 Å². The van der Waals surface area contributed by atoms with E-state index >= 15 is 0 Å². The summed E-state index contributed by atoms with van der Waals surface area (Å²) in [7, 11) is -3.68. The highest BCUT2D eigenvalue weighted by molar-refractivity contribution is 7.90. The summed E-state index contributed by atoms with van der Waals surface area (Å²) in [5.74, 6) is -1.24. The zero-order valence-corrected chi connectivity index (χ0v) is 16.3. The number of halogens is 1. The van der Waals surface area contributed by atoms with Crippen LogP contribution in [0.5, 0.6) is 0 Å². The number of nitrogens with zero attached hydrogens (tertiary/aromatic N) is 1. The van der Waals surface area contributed by atoms with Gasteiger partial charge in [-0.05, 0) is 36.8 Å². The van der Waals surface area contributed by atoms with Gasteiger partial charge in [-0.2, -0.15) is 0 Å². The summed E-state index contributed by atoms with van der Waals surface area (Å²) in [4.78, 5) is 27.7. The van der Waals surface area contributed by atoms with Crippen molar-refractivity contribution in [2.45, 2.75) is 11.8 Å². The van der Waals surface area contributed by atoms with Crippen LogP contribution in [0.1, 0.15) is 11.1 Å². The van der Waals surface area contributed by atoms with Gasteiger partial charge in [0.1, 0.15) is 12.4 Å². The number of anilines is 1. The summed E-state index contributed by atoms with van der Waals surface area (Å²) in [5.41, 5.74) is 1.73. The predicted molar refractivity (Wildman–Crippen MR) is 104 cm³/mol. The molecular formula is C18H16ClN3O5S. The summed E-state index contributed by atoms with van der Waals surface area (Å²) >= 11 is 5.98. The highest BCUT2D eigenvalue weighted by Gasteiger charge is 2.30. The Morgan fingerprint density at radius 3 is 2.71 bits per heavy atom. The molecule has 1 aliphatic rings. The molecule has 2 aromatic rings. The van der Waals surface area contributed by atoms with Crippen LogP contribution in [0.25, 0.3) is 0 Å². The van der Waals surface area contributed by atoms with E-state index in [2.05, 4.69) is 15.0 Å². The number of rotatable bonds is 5. The molecule has 0 bridgehead atoms. The van der Waals surface area contributed by atoms with Crippen LogP contribution in [0.3, 0.4) is 0 Å². The fraction of sp³-hybridized carbons (Fsp3) is 0.167. The summed E-state index contributed by atoms with van der Waals surface area (Å²) in [5, 5.41) is 3.06. The Hall–Kier alpha value is -2.91. The number of fused-ring (bicyclic) bond motifs is 1. The Bertz CT molecular complexity index is 1080. The Kier molecular flexibility index (Phi) is 5.66. The molecule has 1 heterocycles. The number of hydrogen-bond donors (Lipinski definition) is 2. The number of carbonyl (C=O) groups excluding carboxylic acids is 2. The second-order valence-electron chi connectivity index (χ2n) is 5.94. The van der Waals surface area contributed by atoms with Crippen molar-refractivity contribution in [1.82, 2.24) is 4.72 Å². The van der Waals surface area contributed by atoms with E-state index in [0.717, 1.165) is 5.56 Å². The topological polar surface area (TPSA) is 114 Å². The molecule has 146 valence electrons. The molecule has 0 aliphatic carbocycles. The van der Waals surface area contributed by atoms with Gasteiger partial charge in [-0.1, -0.05) is 29.8 Å². The molecule has 0 atom stereocenters. The van der Waals surface area contributed by atoms with Gasteiger partial charge in [0.05, 0.1) is 4.90 Å². The van der Waals surface area contributed by atoms with Crippen LogP contribution < -0.4 is 10.0 Å². The van der Waals surface area contributed by atoms with Gasteiger partial charge < -0.3 is 10.1 Å². The maximum Gasteiger partial charge on any atom is 0.328 e. The highest BCUT2D eigenvalue weighted by Crippen LogP contribution is 2.22. The first-order chi connectivity index (χ1) is 13.3. The van der Waals surface area contributed by atoms with Crippen LogP contribution in [0.4, 0.5) is 5.69 Å². The van der Waals surface area contributed by atoms with E-state index in [9.17, 15) is 18.0 Å². The van der Waals surface area contributed by atoms with E-state index in [0.29, 0.717) is 16.3 Å². The number of amides is 1. The van der Waals surface area contributed by atoms with Crippen LogP contribution >= 0.6 is 11.6 Å². The normalized spacial score (nSPS) is 15.6. The molecule has 0 saturated heterocycles. The third kappa shape index (κ3) is 4.49. The zero-order chi connectivity index (χ0) is 20.3.